The van der Waals surface area contributed by atoms with Gasteiger partial charge >= 0.3 is 0 Å². The predicted molar refractivity (Wildman–Crippen MR) is 111 cm³/mol. The zero-order valence-electron chi connectivity index (χ0n) is 15.3. The summed E-state index contributed by atoms with van der Waals surface area (Å²) in [6.07, 6.45) is 0.397. The number of sulfonamides is 1. The summed E-state index contributed by atoms with van der Waals surface area (Å²) in [6, 6.07) is 13.8. The molecule has 9 heteroatoms. The maximum atomic E-state index is 12.1. The zero-order chi connectivity index (χ0) is 20.1. The number of benzene rings is 2. The van der Waals surface area contributed by atoms with Crippen molar-refractivity contribution in [2.24, 2.45) is 5.14 Å². The summed E-state index contributed by atoms with van der Waals surface area (Å²) >= 11 is 6.06. The number of carbonyl (C=O) groups excluding carboxylic acids is 1. The number of para-hydroxylation sites is 1. The fourth-order valence-electron chi connectivity index (χ4n) is 3.11. The second kappa shape index (κ2) is 8.91. The highest BCUT2D eigenvalue weighted by Gasteiger charge is 2.18. The van der Waals surface area contributed by atoms with Gasteiger partial charge in [-0.15, -0.1) is 0 Å². The maximum Gasteiger partial charge on any atom is 0.238 e. The number of nitrogens with zero attached hydrogens (tertiary/aromatic N) is 2. The Hall–Kier alpha value is -2.13. The van der Waals surface area contributed by atoms with E-state index in [-0.39, 0.29) is 10.8 Å². The van der Waals surface area contributed by atoms with Gasteiger partial charge in [0, 0.05) is 44.8 Å². The van der Waals surface area contributed by atoms with E-state index < -0.39 is 10.0 Å². The molecule has 2 aromatic rings. The third kappa shape index (κ3) is 5.45. The van der Waals surface area contributed by atoms with E-state index >= 15 is 0 Å². The van der Waals surface area contributed by atoms with E-state index in [2.05, 4.69) is 15.1 Å². The molecule has 150 valence electrons. The SMILES string of the molecule is NS(=O)(=O)c1ccc(N2CCN(CCC(=O)Nc3ccccc3Cl)CC2)cc1. The first-order valence-corrected chi connectivity index (χ1v) is 10.9. The van der Waals surface area contributed by atoms with Gasteiger partial charge in [-0.1, -0.05) is 23.7 Å². The van der Waals surface area contributed by atoms with Crippen LogP contribution in [0.2, 0.25) is 5.02 Å². The minimum absolute atomic E-state index is 0.0610. The van der Waals surface area contributed by atoms with E-state index in [1.54, 1.807) is 24.3 Å². The average Bonchev–Trinajstić information content (AvgIpc) is 2.68. The summed E-state index contributed by atoms with van der Waals surface area (Å²) in [7, 11) is -3.67. The molecule has 1 amide bonds. The van der Waals surface area contributed by atoms with Crippen LogP contribution < -0.4 is 15.4 Å². The quantitative estimate of drug-likeness (QED) is 0.743. The van der Waals surface area contributed by atoms with Gasteiger partial charge in [-0.3, -0.25) is 9.69 Å². The van der Waals surface area contributed by atoms with Crippen LogP contribution in [-0.2, 0) is 14.8 Å². The Morgan fingerprint density at radius 1 is 1.04 bits per heavy atom. The molecule has 0 saturated carbocycles. The van der Waals surface area contributed by atoms with Crippen LogP contribution >= 0.6 is 11.6 Å². The van der Waals surface area contributed by atoms with Gasteiger partial charge in [-0.25, -0.2) is 13.6 Å². The number of piperazine rings is 1. The van der Waals surface area contributed by atoms with Gasteiger partial charge in [0.25, 0.3) is 0 Å². The van der Waals surface area contributed by atoms with E-state index in [0.29, 0.717) is 23.7 Å². The predicted octanol–water partition coefficient (Wildman–Crippen LogP) is 2.14. The summed E-state index contributed by atoms with van der Waals surface area (Å²) in [4.78, 5) is 16.7. The first-order valence-electron chi connectivity index (χ1n) is 8.97. The van der Waals surface area contributed by atoms with Crippen LogP contribution in [0.3, 0.4) is 0 Å². The molecule has 3 N–H and O–H groups in total. The number of anilines is 2. The number of hydrogen-bond donors (Lipinski definition) is 2. The van der Waals surface area contributed by atoms with Gasteiger partial charge in [0.15, 0.2) is 0 Å². The lowest BCUT2D eigenvalue weighted by atomic mass is 10.2. The molecule has 1 heterocycles. The van der Waals surface area contributed by atoms with Crippen molar-refractivity contribution in [3.8, 4) is 0 Å². The molecular weight excluding hydrogens is 400 g/mol. The molecule has 0 radical (unpaired) electrons. The smallest absolute Gasteiger partial charge is 0.238 e. The summed E-state index contributed by atoms with van der Waals surface area (Å²) in [5, 5.41) is 8.49. The number of nitrogens with one attached hydrogen (secondary N) is 1. The number of hydrogen-bond acceptors (Lipinski definition) is 5. The van der Waals surface area contributed by atoms with Gasteiger partial charge in [0.1, 0.15) is 0 Å². The number of halogens is 1. The highest BCUT2D eigenvalue weighted by atomic mass is 35.5. The highest BCUT2D eigenvalue weighted by Crippen LogP contribution is 2.21. The highest BCUT2D eigenvalue weighted by molar-refractivity contribution is 7.89. The van der Waals surface area contributed by atoms with Crippen molar-refractivity contribution in [2.75, 3.05) is 42.9 Å². The van der Waals surface area contributed by atoms with Gasteiger partial charge in [0.05, 0.1) is 15.6 Å². The van der Waals surface area contributed by atoms with Crippen LogP contribution in [0.1, 0.15) is 6.42 Å². The first kappa shape index (κ1) is 20.6. The minimum atomic E-state index is -3.67. The molecular formula is C19H23ClN4O3S. The molecule has 1 aliphatic heterocycles. The van der Waals surface area contributed by atoms with E-state index in [9.17, 15) is 13.2 Å². The largest absolute Gasteiger partial charge is 0.369 e. The molecule has 0 bridgehead atoms. The van der Waals surface area contributed by atoms with Crippen LogP contribution in [0.15, 0.2) is 53.4 Å². The van der Waals surface area contributed by atoms with Crippen molar-refractivity contribution in [3.63, 3.8) is 0 Å². The number of rotatable bonds is 6. The summed E-state index contributed by atoms with van der Waals surface area (Å²) in [5.74, 6) is -0.0610. The van der Waals surface area contributed by atoms with Crippen LogP contribution in [0.25, 0.3) is 0 Å². The summed E-state index contributed by atoms with van der Waals surface area (Å²) in [5.41, 5.74) is 1.59. The summed E-state index contributed by atoms with van der Waals surface area (Å²) < 4.78 is 22.7. The lowest BCUT2D eigenvalue weighted by molar-refractivity contribution is -0.116. The van der Waals surface area contributed by atoms with Crippen molar-refractivity contribution in [1.82, 2.24) is 4.90 Å². The molecule has 0 aliphatic carbocycles. The topological polar surface area (TPSA) is 95.7 Å². The van der Waals surface area contributed by atoms with Crippen molar-refractivity contribution in [2.45, 2.75) is 11.3 Å². The third-order valence-electron chi connectivity index (χ3n) is 4.71. The van der Waals surface area contributed by atoms with E-state index in [1.165, 1.54) is 12.1 Å². The Kier molecular flexibility index (Phi) is 6.56. The molecule has 28 heavy (non-hydrogen) atoms. The number of amides is 1. The fourth-order valence-corrected chi connectivity index (χ4v) is 3.81. The first-order chi connectivity index (χ1) is 13.3. The lowest BCUT2D eigenvalue weighted by Crippen LogP contribution is -2.47. The summed E-state index contributed by atoms with van der Waals surface area (Å²) in [6.45, 7) is 3.95. The normalized spacial score (nSPS) is 15.4. The van der Waals surface area contributed by atoms with Crippen LogP contribution in [0.5, 0.6) is 0 Å². The van der Waals surface area contributed by atoms with Crippen LogP contribution in [0, 0.1) is 0 Å². The molecule has 0 aromatic heterocycles. The number of carbonyl (C=O) groups is 1. The standard InChI is InChI=1S/C19H23ClN4O3S/c20-17-3-1-2-4-18(17)22-19(25)9-10-23-11-13-24(14-12-23)15-5-7-16(8-6-15)28(21,26)27/h1-8H,9-14H2,(H,22,25)(H2,21,26,27). The fraction of sp³-hybridized carbons (Fsp3) is 0.316. The zero-order valence-corrected chi connectivity index (χ0v) is 16.9. The van der Waals surface area contributed by atoms with E-state index in [1.807, 2.05) is 12.1 Å². The van der Waals surface area contributed by atoms with E-state index in [4.69, 9.17) is 16.7 Å². The Bertz CT molecular complexity index is 926. The average molecular weight is 423 g/mol. The Labute approximate surface area is 170 Å². The molecule has 0 spiro atoms. The lowest BCUT2D eigenvalue weighted by Gasteiger charge is -2.36. The molecule has 1 aliphatic rings. The third-order valence-corrected chi connectivity index (χ3v) is 5.96. The van der Waals surface area contributed by atoms with Crippen molar-refractivity contribution >= 4 is 38.9 Å². The van der Waals surface area contributed by atoms with Gasteiger partial charge in [-0.05, 0) is 36.4 Å². The Balaban J connectivity index is 1.45. The Morgan fingerprint density at radius 2 is 1.68 bits per heavy atom. The van der Waals surface area contributed by atoms with Crippen molar-refractivity contribution in [3.05, 3.63) is 53.6 Å². The second-order valence-corrected chi connectivity index (χ2v) is 8.61. The van der Waals surface area contributed by atoms with Gasteiger partial charge < -0.3 is 10.2 Å². The van der Waals surface area contributed by atoms with Crippen molar-refractivity contribution < 1.29 is 13.2 Å². The molecule has 1 saturated heterocycles. The molecule has 2 aromatic carbocycles. The van der Waals surface area contributed by atoms with Gasteiger partial charge in [-0.2, -0.15) is 0 Å². The van der Waals surface area contributed by atoms with Crippen molar-refractivity contribution in [1.29, 1.82) is 0 Å². The Morgan fingerprint density at radius 3 is 2.29 bits per heavy atom. The maximum absolute atomic E-state index is 12.1. The van der Waals surface area contributed by atoms with E-state index in [0.717, 1.165) is 31.9 Å². The van der Waals surface area contributed by atoms with Crippen LogP contribution in [-0.4, -0.2) is 51.9 Å². The second-order valence-electron chi connectivity index (χ2n) is 6.65. The van der Waals surface area contributed by atoms with Crippen LogP contribution in [0.4, 0.5) is 11.4 Å². The molecule has 1 fully saturated rings. The molecule has 3 rings (SSSR count). The molecule has 0 atom stereocenters. The monoisotopic (exact) mass is 422 g/mol. The minimum Gasteiger partial charge on any atom is -0.369 e. The number of nitrogens with two attached hydrogens (primary N) is 1. The number of primary sulfonamides is 1. The molecule has 7 nitrogen and oxygen atoms in total. The van der Waals surface area contributed by atoms with Gasteiger partial charge in [0.2, 0.25) is 15.9 Å². The molecule has 0 unspecified atom stereocenters.